The number of nitrogens with one attached hydrogen (secondary N) is 1. The van der Waals surface area contributed by atoms with E-state index in [1.54, 1.807) is 25.3 Å². The Morgan fingerprint density at radius 3 is 2.43 bits per heavy atom. The SMILES string of the molecule is COc1ccc(C(=O)N2CCCC2)cc1NC(=O)C1CC2CCCC(C1)C2N. The molecule has 0 aromatic heterocycles. The first-order valence-electron chi connectivity index (χ1n) is 10.6. The van der Waals surface area contributed by atoms with Crippen molar-refractivity contribution in [2.75, 3.05) is 25.5 Å². The van der Waals surface area contributed by atoms with Gasteiger partial charge < -0.3 is 20.7 Å². The highest BCUT2D eigenvalue weighted by Gasteiger charge is 2.40. The fraction of sp³-hybridized carbons (Fsp3) is 0.636. The van der Waals surface area contributed by atoms with Crippen LogP contribution in [0.15, 0.2) is 18.2 Å². The van der Waals surface area contributed by atoms with Crippen LogP contribution in [0.2, 0.25) is 0 Å². The van der Waals surface area contributed by atoms with Gasteiger partial charge in [0.1, 0.15) is 5.75 Å². The second kappa shape index (κ2) is 8.11. The first-order valence-corrected chi connectivity index (χ1v) is 10.6. The van der Waals surface area contributed by atoms with Gasteiger partial charge in [-0.15, -0.1) is 0 Å². The molecule has 28 heavy (non-hydrogen) atoms. The lowest BCUT2D eigenvalue weighted by Crippen LogP contribution is -2.48. The maximum absolute atomic E-state index is 13.0. The highest BCUT2D eigenvalue weighted by Crippen LogP contribution is 2.42. The van der Waals surface area contributed by atoms with Crippen LogP contribution >= 0.6 is 0 Å². The predicted molar refractivity (Wildman–Crippen MR) is 108 cm³/mol. The number of ether oxygens (including phenoxy) is 1. The Morgan fingerprint density at radius 2 is 1.79 bits per heavy atom. The quantitative estimate of drug-likeness (QED) is 0.834. The largest absolute Gasteiger partial charge is 0.495 e. The summed E-state index contributed by atoms with van der Waals surface area (Å²) in [6, 6.07) is 5.55. The number of likely N-dealkylation sites (tertiary alicyclic amines) is 1. The highest BCUT2D eigenvalue weighted by atomic mass is 16.5. The molecule has 2 bridgehead atoms. The molecule has 152 valence electrons. The molecule has 6 heteroatoms. The summed E-state index contributed by atoms with van der Waals surface area (Å²) in [5.41, 5.74) is 7.54. The average Bonchev–Trinajstić information content (AvgIpc) is 3.22. The second-order valence-corrected chi connectivity index (χ2v) is 8.60. The number of methoxy groups -OCH3 is 1. The molecule has 1 aromatic carbocycles. The minimum Gasteiger partial charge on any atom is -0.495 e. The van der Waals surface area contributed by atoms with E-state index < -0.39 is 0 Å². The number of carbonyl (C=O) groups is 2. The van der Waals surface area contributed by atoms with Crippen molar-refractivity contribution < 1.29 is 14.3 Å². The molecule has 1 saturated heterocycles. The first kappa shape index (κ1) is 19.2. The third kappa shape index (κ3) is 3.75. The summed E-state index contributed by atoms with van der Waals surface area (Å²) in [6.45, 7) is 1.61. The molecule has 2 aliphatic carbocycles. The van der Waals surface area contributed by atoms with Gasteiger partial charge in [-0.3, -0.25) is 9.59 Å². The summed E-state index contributed by atoms with van der Waals surface area (Å²) >= 11 is 0. The van der Waals surface area contributed by atoms with E-state index in [9.17, 15) is 9.59 Å². The predicted octanol–water partition coefficient (Wildman–Crippen LogP) is 3.02. The van der Waals surface area contributed by atoms with Gasteiger partial charge in [-0.2, -0.15) is 0 Å². The van der Waals surface area contributed by atoms with Crippen LogP contribution in [-0.2, 0) is 4.79 Å². The zero-order valence-electron chi connectivity index (χ0n) is 16.7. The number of nitrogens with zero attached hydrogens (tertiary/aromatic N) is 1. The Balaban J connectivity index is 1.49. The van der Waals surface area contributed by atoms with Crippen LogP contribution in [0.4, 0.5) is 5.69 Å². The lowest BCUT2D eigenvalue weighted by atomic mass is 9.65. The molecule has 2 atom stereocenters. The standard InChI is InChI=1S/C22H31N3O3/c1-28-19-8-7-16(22(27)25-9-2-3-10-25)13-18(19)24-21(26)17-11-14-5-4-6-15(12-17)20(14)23/h7-8,13-15,17,20H,2-6,9-12,23H2,1H3,(H,24,26). The van der Waals surface area contributed by atoms with Crippen molar-refractivity contribution in [3.63, 3.8) is 0 Å². The van der Waals surface area contributed by atoms with Crippen LogP contribution in [0.3, 0.4) is 0 Å². The van der Waals surface area contributed by atoms with Gasteiger partial charge in [0, 0.05) is 30.6 Å². The van der Waals surface area contributed by atoms with E-state index in [-0.39, 0.29) is 23.8 Å². The minimum atomic E-state index is -0.0160. The van der Waals surface area contributed by atoms with Gasteiger partial charge >= 0.3 is 0 Å². The Hall–Kier alpha value is -2.08. The Kier molecular flexibility index (Phi) is 5.58. The number of anilines is 1. The number of nitrogens with two attached hydrogens (primary N) is 1. The topological polar surface area (TPSA) is 84.7 Å². The summed E-state index contributed by atoms with van der Waals surface area (Å²) in [7, 11) is 1.58. The van der Waals surface area contributed by atoms with Gasteiger partial charge in [0.05, 0.1) is 12.8 Å². The maximum atomic E-state index is 13.0. The van der Waals surface area contributed by atoms with E-state index in [0.717, 1.165) is 51.6 Å². The molecule has 2 unspecified atom stereocenters. The molecular weight excluding hydrogens is 354 g/mol. The van der Waals surface area contributed by atoms with E-state index >= 15 is 0 Å². The van der Waals surface area contributed by atoms with Crippen molar-refractivity contribution in [3.8, 4) is 5.75 Å². The van der Waals surface area contributed by atoms with Crippen LogP contribution in [0.25, 0.3) is 0 Å². The van der Waals surface area contributed by atoms with Gasteiger partial charge in [0.25, 0.3) is 5.91 Å². The second-order valence-electron chi connectivity index (χ2n) is 8.60. The molecular formula is C22H31N3O3. The summed E-state index contributed by atoms with van der Waals surface area (Å²) in [6.07, 6.45) is 7.31. The molecule has 3 fully saturated rings. The lowest BCUT2D eigenvalue weighted by molar-refractivity contribution is -0.122. The normalized spacial score (nSPS) is 29.4. The van der Waals surface area contributed by atoms with E-state index in [1.807, 2.05) is 4.90 Å². The number of amides is 2. The average molecular weight is 386 g/mol. The summed E-state index contributed by atoms with van der Waals surface area (Å²) in [5, 5.41) is 3.05. The number of rotatable bonds is 4. The van der Waals surface area contributed by atoms with Crippen LogP contribution in [0.5, 0.6) is 5.75 Å². The number of fused-ring (bicyclic) bond motifs is 2. The molecule has 2 saturated carbocycles. The Labute approximate surface area is 166 Å². The number of benzene rings is 1. The van der Waals surface area contributed by atoms with Gasteiger partial charge in [-0.25, -0.2) is 0 Å². The Bertz CT molecular complexity index is 731. The van der Waals surface area contributed by atoms with Crippen LogP contribution in [0, 0.1) is 17.8 Å². The Morgan fingerprint density at radius 1 is 1.11 bits per heavy atom. The summed E-state index contributed by atoms with van der Waals surface area (Å²) in [5.74, 6) is 1.51. The van der Waals surface area contributed by atoms with Crippen molar-refractivity contribution in [1.82, 2.24) is 4.90 Å². The monoisotopic (exact) mass is 385 g/mol. The van der Waals surface area contributed by atoms with Gasteiger partial charge in [-0.05, 0) is 68.6 Å². The number of hydrogen-bond acceptors (Lipinski definition) is 4. The number of carbonyl (C=O) groups excluding carboxylic acids is 2. The molecule has 2 amide bonds. The van der Waals surface area contributed by atoms with Gasteiger partial charge in [0.15, 0.2) is 0 Å². The summed E-state index contributed by atoms with van der Waals surface area (Å²) < 4.78 is 5.43. The molecule has 3 aliphatic rings. The van der Waals surface area contributed by atoms with Gasteiger partial charge in [-0.1, -0.05) is 6.42 Å². The van der Waals surface area contributed by atoms with E-state index in [1.165, 1.54) is 6.42 Å². The van der Waals surface area contributed by atoms with Crippen molar-refractivity contribution >= 4 is 17.5 Å². The zero-order valence-corrected chi connectivity index (χ0v) is 16.7. The smallest absolute Gasteiger partial charge is 0.253 e. The molecule has 1 aromatic rings. The fourth-order valence-electron chi connectivity index (χ4n) is 5.28. The van der Waals surface area contributed by atoms with Crippen LogP contribution < -0.4 is 15.8 Å². The van der Waals surface area contributed by atoms with Crippen LogP contribution in [0.1, 0.15) is 55.3 Å². The fourth-order valence-corrected chi connectivity index (χ4v) is 5.28. The molecule has 0 spiro atoms. The highest BCUT2D eigenvalue weighted by molar-refractivity contribution is 5.99. The van der Waals surface area contributed by atoms with Crippen molar-refractivity contribution in [1.29, 1.82) is 0 Å². The minimum absolute atomic E-state index is 0.0160. The first-order chi connectivity index (χ1) is 13.6. The molecule has 6 nitrogen and oxygen atoms in total. The van der Waals surface area contributed by atoms with E-state index in [4.69, 9.17) is 10.5 Å². The van der Waals surface area contributed by atoms with E-state index in [0.29, 0.717) is 28.8 Å². The zero-order chi connectivity index (χ0) is 19.7. The molecule has 0 radical (unpaired) electrons. The molecule has 1 heterocycles. The van der Waals surface area contributed by atoms with Crippen molar-refractivity contribution in [2.45, 2.75) is 51.0 Å². The third-order valence-electron chi connectivity index (χ3n) is 6.88. The molecule has 3 N–H and O–H groups in total. The maximum Gasteiger partial charge on any atom is 0.253 e. The molecule has 4 rings (SSSR count). The van der Waals surface area contributed by atoms with Crippen LogP contribution in [-0.4, -0.2) is 43.0 Å². The lowest BCUT2D eigenvalue weighted by Gasteiger charge is -2.43. The molecule has 1 aliphatic heterocycles. The van der Waals surface area contributed by atoms with Crippen molar-refractivity contribution in [3.05, 3.63) is 23.8 Å². The third-order valence-corrected chi connectivity index (χ3v) is 6.88. The summed E-state index contributed by atoms with van der Waals surface area (Å²) in [4.78, 5) is 27.6. The number of hydrogen-bond donors (Lipinski definition) is 2. The van der Waals surface area contributed by atoms with Crippen molar-refractivity contribution in [2.24, 2.45) is 23.5 Å². The van der Waals surface area contributed by atoms with E-state index in [2.05, 4.69) is 5.32 Å². The van der Waals surface area contributed by atoms with Gasteiger partial charge in [0.2, 0.25) is 5.91 Å².